The number of hydrogen-bond acceptors (Lipinski definition) is 6. The molecule has 0 amide bonds. The second-order valence-corrected chi connectivity index (χ2v) is 9.19. The van der Waals surface area contributed by atoms with Crippen molar-refractivity contribution in [2.24, 2.45) is 5.41 Å². The number of rotatable bonds is 7. The molecule has 1 aliphatic rings. The van der Waals surface area contributed by atoms with E-state index in [1.165, 1.54) is 30.3 Å². The Morgan fingerprint density at radius 1 is 1.00 bits per heavy atom. The summed E-state index contributed by atoms with van der Waals surface area (Å²) < 4.78 is 51.1. The Morgan fingerprint density at radius 3 is 2.07 bits per heavy atom. The molecule has 160 valence electrons. The number of carbonyl (C=O) groups excluding carboxylic acids is 2. The van der Waals surface area contributed by atoms with Gasteiger partial charge in [0.15, 0.2) is 15.3 Å². The quantitative estimate of drug-likeness (QED) is 0.491. The van der Waals surface area contributed by atoms with E-state index in [0.29, 0.717) is 0 Å². The molecule has 0 bridgehead atoms. The minimum Gasteiger partial charge on any atom is -0.465 e. The van der Waals surface area contributed by atoms with E-state index in [1.54, 1.807) is 26.0 Å². The molecular weight excluding hydrogens is 411 g/mol. The van der Waals surface area contributed by atoms with Crippen molar-refractivity contribution in [3.63, 3.8) is 0 Å². The third-order valence-corrected chi connectivity index (χ3v) is 7.49. The number of esters is 2. The molecule has 1 aliphatic carbocycles. The molecule has 3 rings (SSSR count). The van der Waals surface area contributed by atoms with Gasteiger partial charge in [-0.25, -0.2) is 12.8 Å². The Labute approximate surface area is 174 Å². The highest BCUT2D eigenvalue weighted by atomic mass is 32.2. The number of halogens is 1. The van der Waals surface area contributed by atoms with Crippen LogP contribution in [-0.4, -0.2) is 38.8 Å². The van der Waals surface area contributed by atoms with Gasteiger partial charge < -0.3 is 9.47 Å². The normalized spacial score (nSPS) is 19.7. The van der Waals surface area contributed by atoms with E-state index in [4.69, 9.17) is 9.47 Å². The Hall–Kier alpha value is -2.74. The van der Waals surface area contributed by atoms with Crippen LogP contribution in [0.2, 0.25) is 0 Å². The molecule has 1 saturated carbocycles. The molecule has 2 atom stereocenters. The third-order valence-electron chi connectivity index (χ3n) is 5.25. The Balaban J connectivity index is 2.21. The van der Waals surface area contributed by atoms with Gasteiger partial charge >= 0.3 is 11.9 Å². The fourth-order valence-electron chi connectivity index (χ4n) is 3.86. The number of aryl methyl sites for hydroxylation is 1. The summed E-state index contributed by atoms with van der Waals surface area (Å²) in [6, 6.07) is 11.3. The molecule has 6 nitrogen and oxygen atoms in total. The van der Waals surface area contributed by atoms with Crippen LogP contribution in [0.1, 0.15) is 30.9 Å². The lowest BCUT2D eigenvalue weighted by Gasteiger charge is -2.15. The standard InChI is InChI=1S/C22H23FO6S/c1-4-28-20(24)22(21(25)29-5-2)18(15-7-6-8-16(23)13-15)19(22)30(26,27)17-11-9-14(3)10-12-17/h6-13,18-19H,4-5H2,1-3H3/t18-,19-/m0/s1. The fourth-order valence-corrected chi connectivity index (χ4v) is 6.15. The maximum atomic E-state index is 13.9. The van der Waals surface area contributed by atoms with E-state index in [2.05, 4.69) is 0 Å². The number of sulfone groups is 1. The van der Waals surface area contributed by atoms with Crippen molar-refractivity contribution in [3.05, 3.63) is 65.5 Å². The van der Waals surface area contributed by atoms with Crippen molar-refractivity contribution in [2.75, 3.05) is 13.2 Å². The molecule has 0 radical (unpaired) electrons. The van der Waals surface area contributed by atoms with Gasteiger partial charge in [-0.05, 0) is 50.6 Å². The summed E-state index contributed by atoms with van der Waals surface area (Å²) in [6.45, 7) is 4.82. The van der Waals surface area contributed by atoms with Crippen LogP contribution in [0, 0.1) is 18.2 Å². The maximum absolute atomic E-state index is 13.9. The van der Waals surface area contributed by atoms with Crippen molar-refractivity contribution in [1.82, 2.24) is 0 Å². The first-order chi connectivity index (χ1) is 14.2. The van der Waals surface area contributed by atoms with Gasteiger partial charge in [-0.3, -0.25) is 9.59 Å². The molecule has 0 aromatic heterocycles. The molecule has 0 saturated heterocycles. The number of carbonyl (C=O) groups is 2. The molecular formula is C22H23FO6S. The highest BCUT2D eigenvalue weighted by molar-refractivity contribution is 7.92. The van der Waals surface area contributed by atoms with Crippen LogP contribution in [0.4, 0.5) is 4.39 Å². The van der Waals surface area contributed by atoms with E-state index >= 15 is 0 Å². The molecule has 0 N–H and O–H groups in total. The van der Waals surface area contributed by atoms with Crippen LogP contribution in [-0.2, 0) is 28.9 Å². The van der Waals surface area contributed by atoms with Crippen LogP contribution in [0.25, 0.3) is 0 Å². The predicted molar refractivity (Wildman–Crippen MR) is 107 cm³/mol. The van der Waals surface area contributed by atoms with Crippen LogP contribution in [0.5, 0.6) is 0 Å². The van der Waals surface area contributed by atoms with Gasteiger partial charge in [-0.15, -0.1) is 0 Å². The van der Waals surface area contributed by atoms with Crippen LogP contribution >= 0.6 is 0 Å². The molecule has 0 unspecified atom stereocenters. The number of hydrogen-bond donors (Lipinski definition) is 0. The molecule has 0 spiro atoms. The lowest BCUT2D eigenvalue weighted by atomic mass is 9.99. The average molecular weight is 434 g/mol. The number of ether oxygens (including phenoxy) is 2. The fraction of sp³-hybridized carbons (Fsp3) is 0.364. The van der Waals surface area contributed by atoms with Crippen LogP contribution in [0.15, 0.2) is 53.4 Å². The van der Waals surface area contributed by atoms with E-state index in [-0.39, 0.29) is 23.7 Å². The minimum atomic E-state index is -4.15. The first kappa shape index (κ1) is 22.0. The first-order valence-electron chi connectivity index (χ1n) is 9.61. The molecule has 0 heterocycles. The maximum Gasteiger partial charge on any atom is 0.325 e. The highest BCUT2D eigenvalue weighted by Gasteiger charge is 2.81. The lowest BCUT2D eigenvalue weighted by molar-refractivity contribution is -0.164. The Morgan fingerprint density at radius 2 is 1.57 bits per heavy atom. The van der Waals surface area contributed by atoms with Gasteiger partial charge in [0.1, 0.15) is 11.1 Å². The molecule has 2 aromatic rings. The summed E-state index contributed by atoms with van der Waals surface area (Å²) in [4.78, 5) is 25.9. The van der Waals surface area contributed by atoms with E-state index in [1.807, 2.05) is 6.92 Å². The summed E-state index contributed by atoms with van der Waals surface area (Å²) in [5.41, 5.74) is -1.02. The zero-order valence-corrected chi connectivity index (χ0v) is 17.7. The average Bonchev–Trinajstić information content (AvgIpc) is 3.41. The zero-order valence-electron chi connectivity index (χ0n) is 16.9. The monoisotopic (exact) mass is 434 g/mol. The second-order valence-electron chi connectivity index (χ2n) is 7.12. The lowest BCUT2D eigenvalue weighted by Crippen LogP contribution is -2.35. The third kappa shape index (κ3) is 3.49. The summed E-state index contributed by atoms with van der Waals surface area (Å²) in [6.07, 6.45) is 0. The Bertz CT molecular complexity index is 1040. The SMILES string of the molecule is CCOC(=O)C1(C(=O)OCC)[C@@H](c2cccc(F)c2)[C@@H]1S(=O)(=O)c1ccc(C)cc1. The molecule has 8 heteroatoms. The van der Waals surface area contributed by atoms with Crippen LogP contribution in [0.3, 0.4) is 0 Å². The molecule has 1 fully saturated rings. The highest BCUT2D eigenvalue weighted by Crippen LogP contribution is 2.65. The summed E-state index contributed by atoms with van der Waals surface area (Å²) in [7, 11) is -4.15. The molecule has 30 heavy (non-hydrogen) atoms. The minimum absolute atomic E-state index is 0.0324. The van der Waals surface area contributed by atoms with Gasteiger partial charge in [0, 0.05) is 5.92 Å². The van der Waals surface area contributed by atoms with Gasteiger partial charge in [-0.1, -0.05) is 29.8 Å². The topological polar surface area (TPSA) is 86.7 Å². The van der Waals surface area contributed by atoms with E-state index in [0.717, 1.165) is 11.6 Å². The van der Waals surface area contributed by atoms with Crippen molar-refractivity contribution < 1.29 is 31.9 Å². The predicted octanol–water partition coefficient (Wildman–Crippen LogP) is 3.19. The van der Waals surface area contributed by atoms with Gasteiger partial charge in [0.25, 0.3) is 0 Å². The van der Waals surface area contributed by atoms with Crippen molar-refractivity contribution in [1.29, 1.82) is 0 Å². The second kappa shape index (κ2) is 8.18. The van der Waals surface area contributed by atoms with Crippen molar-refractivity contribution >= 4 is 21.8 Å². The summed E-state index contributed by atoms with van der Waals surface area (Å²) in [5.74, 6) is -3.71. The van der Waals surface area contributed by atoms with Crippen molar-refractivity contribution in [3.8, 4) is 0 Å². The van der Waals surface area contributed by atoms with E-state index in [9.17, 15) is 22.4 Å². The molecule has 0 aliphatic heterocycles. The smallest absolute Gasteiger partial charge is 0.325 e. The van der Waals surface area contributed by atoms with Gasteiger partial charge in [0.2, 0.25) is 0 Å². The zero-order chi connectivity index (χ0) is 22.1. The summed E-state index contributed by atoms with van der Waals surface area (Å²) in [5, 5.41) is -1.47. The molecule has 2 aromatic carbocycles. The Kier molecular flexibility index (Phi) is 5.99. The van der Waals surface area contributed by atoms with Gasteiger partial charge in [0.05, 0.1) is 18.1 Å². The largest absolute Gasteiger partial charge is 0.465 e. The van der Waals surface area contributed by atoms with Crippen LogP contribution < -0.4 is 0 Å². The summed E-state index contributed by atoms with van der Waals surface area (Å²) >= 11 is 0. The van der Waals surface area contributed by atoms with Crippen molar-refractivity contribution in [2.45, 2.75) is 36.8 Å². The number of benzene rings is 2. The van der Waals surface area contributed by atoms with Gasteiger partial charge in [-0.2, -0.15) is 0 Å². The van der Waals surface area contributed by atoms with E-state index < -0.39 is 44.2 Å². The first-order valence-corrected chi connectivity index (χ1v) is 11.2.